The first-order chi connectivity index (χ1) is 17.7. The zero-order valence-corrected chi connectivity index (χ0v) is 20.8. The minimum Gasteiger partial charge on any atom is -0.355 e. The number of benzene rings is 5. The normalized spacial score (nSPS) is 11.4. The third-order valence-corrected chi connectivity index (χ3v) is 6.82. The van der Waals surface area contributed by atoms with Gasteiger partial charge in [0, 0.05) is 38.9 Å². The Morgan fingerprint density at radius 2 is 1.14 bits per heavy atom. The zero-order valence-electron chi connectivity index (χ0n) is 20.8. The van der Waals surface area contributed by atoms with Crippen molar-refractivity contribution in [1.29, 1.82) is 0 Å². The molecule has 0 amide bonds. The van der Waals surface area contributed by atoms with Gasteiger partial charge in [-0.3, -0.25) is 0 Å². The van der Waals surface area contributed by atoms with E-state index < -0.39 is 0 Å². The molecule has 0 aliphatic heterocycles. The topological polar surface area (TPSA) is 19.0 Å². The summed E-state index contributed by atoms with van der Waals surface area (Å²) >= 11 is 0. The van der Waals surface area contributed by atoms with Crippen LogP contribution in [-0.2, 0) is 6.42 Å². The number of aromatic amines is 1. The summed E-state index contributed by atoms with van der Waals surface area (Å²) in [5.41, 5.74) is 9.64. The molecule has 6 rings (SSSR count). The third-order valence-electron chi connectivity index (χ3n) is 6.82. The lowest BCUT2D eigenvalue weighted by Crippen LogP contribution is -2.09. The van der Waals surface area contributed by atoms with Crippen molar-refractivity contribution in [3.05, 3.63) is 127 Å². The van der Waals surface area contributed by atoms with Gasteiger partial charge in [0.05, 0.1) is 0 Å². The van der Waals surface area contributed by atoms with E-state index in [1.54, 1.807) is 0 Å². The summed E-state index contributed by atoms with van der Waals surface area (Å²) in [7, 11) is 0. The molecule has 6 aromatic rings. The lowest BCUT2D eigenvalue weighted by Gasteiger charge is -2.26. The molecule has 0 radical (unpaired) electrons. The van der Waals surface area contributed by atoms with Crippen LogP contribution >= 0.6 is 0 Å². The molecule has 0 unspecified atom stereocenters. The molecule has 176 valence electrons. The highest BCUT2D eigenvalue weighted by Gasteiger charge is 2.13. The van der Waals surface area contributed by atoms with Crippen molar-refractivity contribution in [2.24, 2.45) is 5.92 Å². The Morgan fingerprint density at radius 3 is 1.86 bits per heavy atom. The van der Waals surface area contributed by atoms with E-state index >= 15 is 0 Å². The maximum absolute atomic E-state index is 3.52. The molecule has 0 fully saturated rings. The number of rotatable bonds is 6. The fourth-order valence-corrected chi connectivity index (χ4v) is 5.11. The molecule has 0 atom stereocenters. The van der Waals surface area contributed by atoms with Crippen molar-refractivity contribution in [3.63, 3.8) is 0 Å². The highest BCUT2D eigenvalue weighted by atomic mass is 15.1. The molecular formula is C34H30N2. The van der Waals surface area contributed by atoms with Gasteiger partial charge in [-0.15, -0.1) is 0 Å². The van der Waals surface area contributed by atoms with E-state index in [0.717, 1.165) is 17.8 Å². The molecular weight excluding hydrogens is 436 g/mol. The lowest BCUT2D eigenvalue weighted by molar-refractivity contribution is 0.647. The molecule has 0 bridgehead atoms. The highest BCUT2D eigenvalue weighted by molar-refractivity contribution is 6.08. The van der Waals surface area contributed by atoms with Gasteiger partial charge in [-0.1, -0.05) is 80.6 Å². The Kier molecular flexibility index (Phi) is 5.79. The molecule has 1 N–H and O–H groups in total. The molecule has 2 nitrogen and oxygen atoms in total. The number of para-hydroxylation sites is 2. The largest absolute Gasteiger partial charge is 0.355 e. The van der Waals surface area contributed by atoms with Gasteiger partial charge in [-0.2, -0.15) is 0 Å². The van der Waals surface area contributed by atoms with Crippen molar-refractivity contribution in [2.75, 3.05) is 4.90 Å². The van der Waals surface area contributed by atoms with Gasteiger partial charge in [0.25, 0.3) is 0 Å². The second kappa shape index (κ2) is 9.39. The highest BCUT2D eigenvalue weighted by Crippen LogP contribution is 2.36. The first-order valence-electron chi connectivity index (χ1n) is 12.7. The third kappa shape index (κ3) is 4.27. The van der Waals surface area contributed by atoms with Gasteiger partial charge < -0.3 is 9.88 Å². The maximum atomic E-state index is 3.52. The van der Waals surface area contributed by atoms with Crippen LogP contribution < -0.4 is 4.90 Å². The molecule has 36 heavy (non-hydrogen) atoms. The first kappa shape index (κ1) is 22.2. The van der Waals surface area contributed by atoms with E-state index in [9.17, 15) is 0 Å². The van der Waals surface area contributed by atoms with Crippen LogP contribution in [0.2, 0.25) is 0 Å². The number of hydrogen-bond acceptors (Lipinski definition) is 1. The van der Waals surface area contributed by atoms with Crippen LogP contribution in [0.4, 0.5) is 17.1 Å². The van der Waals surface area contributed by atoms with Gasteiger partial charge in [0.2, 0.25) is 0 Å². The monoisotopic (exact) mass is 466 g/mol. The average molecular weight is 467 g/mol. The minimum absolute atomic E-state index is 0.650. The lowest BCUT2D eigenvalue weighted by atomic mass is 10.0. The van der Waals surface area contributed by atoms with Crippen LogP contribution in [0.5, 0.6) is 0 Å². The van der Waals surface area contributed by atoms with E-state index in [1.165, 1.54) is 44.2 Å². The van der Waals surface area contributed by atoms with Gasteiger partial charge in [-0.25, -0.2) is 0 Å². The molecule has 1 heterocycles. The quantitative estimate of drug-likeness (QED) is 0.259. The smallest absolute Gasteiger partial charge is 0.0465 e. The molecule has 0 saturated heterocycles. The Bertz CT molecular complexity index is 1610. The van der Waals surface area contributed by atoms with Crippen LogP contribution in [0, 0.1) is 5.92 Å². The van der Waals surface area contributed by atoms with Gasteiger partial charge in [0.1, 0.15) is 0 Å². The number of anilines is 3. The predicted molar refractivity (Wildman–Crippen MR) is 154 cm³/mol. The molecule has 0 spiro atoms. The van der Waals surface area contributed by atoms with Crippen LogP contribution in [0.25, 0.3) is 32.9 Å². The van der Waals surface area contributed by atoms with Gasteiger partial charge in [-0.05, 0) is 83.6 Å². The molecule has 1 aromatic heterocycles. The minimum atomic E-state index is 0.650. The molecule has 0 saturated carbocycles. The Labute approximate surface area is 212 Å². The van der Waals surface area contributed by atoms with Crippen LogP contribution in [0.3, 0.4) is 0 Å². The number of fused-ring (bicyclic) bond motifs is 3. The van der Waals surface area contributed by atoms with Crippen LogP contribution in [0.1, 0.15) is 19.4 Å². The summed E-state index contributed by atoms with van der Waals surface area (Å²) in [4.78, 5) is 5.85. The summed E-state index contributed by atoms with van der Waals surface area (Å²) in [5, 5.41) is 2.53. The molecule has 2 heteroatoms. The Balaban J connectivity index is 1.37. The molecule has 5 aromatic carbocycles. The first-order valence-corrected chi connectivity index (χ1v) is 12.7. The number of nitrogens with zero attached hydrogens (tertiary/aromatic N) is 1. The number of nitrogens with one attached hydrogen (secondary N) is 1. The second-order valence-electron chi connectivity index (χ2n) is 9.91. The molecule has 0 aliphatic rings. The fourth-order valence-electron chi connectivity index (χ4n) is 5.11. The van der Waals surface area contributed by atoms with Gasteiger partial charge in [0.15, 0.2) is 0 Å². The van der Waals surface area contributed by atoms with Crippen LogP contribution in [-0.4, -0.2) is 4.98 Å². The van der Waals surface area contributed by atoms with E-state index in [-0.39, 0.29) is 0 Å². The second-order valence-corrected chi connectivity index (χ2v) is 9.91. The predicted octanol–water partition coefficient (Wildman–Crippen LogP) is 9.66. The zero-order chi connectivity index (χ0) is 24.5. The number of H-pyrrole nitrogens is 1. The summed E-state index contributed by atoms with van der Waals surface area (Å²) in [5.74, 6) is 0.650. The maximum Gasteiger partial charge on any atom is 0.0465 e. The summed E-state index contributed by atoms with van der Waals surface area (Å²) < 4.78 is 0. The standard InChI is InChI=1S/C34H30N2/c1-24(2)22-25-12-17-29(18-13-25)36(28-8-4-3-5-9-28)30-19-14-26(15-20-30)27-16-21-34-32(23-27)31-10-6-7-11-33(31)35-34/h3-21,23-24,35H,22H2,1-2H3. The van der Waals surface area contributed by atoms with Crippen molar-refractivity contribution in [1.82, 2.24) is 4.98 Å². The van der Waals surface area contributed by atoms with E-state index in [2.05, 4.69) is 145 Å². The van der Waals surface area contributed by atoms with E-state index in [1.807, 2.05) is 0 Å². The average Bonchev–Trinajstić information content (AvgIpc) is 3.29. The van der Waals surface area contributed by atoms with Crippen molar-refractivity contribution in [2.45, 2.75) is 20.3 Å². The van der Waals surface area contributed by atoms with Crippen molar-refractivity contribution in [3.8, 4) is 11.1 Å². The Morgan fingerprint density at radius 1 is 0.556 bits per heavy atom. The number of hydrogen-bond donors (Lipinski definition) is 1. The summed E-state index contributed by atoms with van der Waals surface area (Å²) in [6, 6.07) is 43.7. The van der Waals surface area contributed by atoms with Gasteiger partial charge >= 0.3 is 0 Å². The van der Waals surface area contributed by atoms with Crippen LogP contribution in [0.15, 0.2) is 121 Å². The molecule has 0 aliphatic carbocycles. The van der Waals surface area contributed by atoms with Crippen molar-refractivity contribution < 1.29 is 0 Å². The SMILES string of the molecule is CC(C)Cc1ccc(N(c2ccccc2)c2ccc(-c3ccc4[nH]c5ccccc5c4c3)cc2)cc1. The van der Waals surface area contributed by atoms with E-state index in [0.29, 0.717) is 5.92 Å². The fraction of sp³-hybridized carbons (Fsp3) is 0.118. The van der Waals surface area contributed by atoms with E-state index in [4.69, 9.17) is 0 Å². The summed E-state index contributed by atoms with van der Waals surface area (Å²) in [6.07, 6.45) is 1.10. The Hall–Kier alpha value is -4.30. The summed E-state index contributed by atoms with van der Waals surface area (Å²) in [6.45, 7) is 4.53. The van der Waals surface area contributed by atoms with Crippen molar-refractivity contribution >= 4 is 38.9 Å². The number of aromatic nitrogens is 1.